The van der Waals surface area contributed by atoms with E-state index in [1.54, 1.807) is 6.07 Å². The zero-order chi connectivity index (χ0) is 18.7. The zero-order valence-corrected chi connectivity index (χ0v) is 14.5. The normalized spacial score (nSPS) is 18.8. The van der Waals surface area contributed by atoms with E-state index in [1.807, 2.05) is 43.3 Å². The van der Waals surface area contributed by atoms with Crippen molar-refractivity contribution in [1.82, 2.24) is 5.32 Å². The average molecular weight is 348 g/mol. The van der Waals surface area contributed by atoms with Crippen LogP contribution in [0.4, 0.5) is 0 Å². The monoisotopic (exact) mass is 348 g/mol. The van der Waals surface area contributed by atoms with Crippen molar-refractivity contribution in [3.05, 3.63) is 59.2 Å². The molecule has 5 nitrogen and oxygen atoms in total. The van der Waals surface area contributed by atoms with E-state index < -0.39 is 11.3 Å². The van der Waals surface area contributed by atoms with Gasteiger partial charge < -0.3 is 16.2 Å². The Labute approximate surface area is 152 Å². The first-order valence-electron chi connectivity index (χ1n) is 8.38. The summed E-state index contributed by atoms with van der Waals surface area (Å²) >= 11 is 0. The number of hydrogen-bond donors (Lipinski definition) is 3. The number of carbonyl (C=O) groups is 2. The minimum atomic E-state index is -1.03. The smallest absolute Gasteiger partial charge is 0.248 e. The Morgan fingerprint density at radius 1 is 1.27 bits per heavy atom. The summed E-state index contributed by atoms with van der Waals surface area (Å²) in [6, 6.07) is 13.1. The summed E-state index contributed by atoms with van der Waals surface area (Å²) in [7, 11) is 0. The number of aliphatic hydroxyl groups excluding tert-OH is 1. The van der Waals surface area contributed by atoms with E-state index in [4.69, 9.17) is 5.73 Å². The average Bonchev–Trinajstić information content (AvgIpc) is 3.01. The van der Waals surface area contributed by atoms with Crippen LogP contribution >= 0.6 is 0 Å². The Hall–Kier alpha value is -3.10. The van der Waals surface area contributed by atoms with Gasteiger partial charge in [0.1, 0.15) is 5.41 Å². The Balaban J connectivity index is 1.95. The first-order valence-corrected chi connectivity index (χ1v) is 8.38. The van der Waals surface area contributed by atoms with Gasteiger partial charge in [-0.2, -0.15) is 0 Å². The van der Waals surface area contributed by atoms with Crippen LogP contribution in [0, 0.1) is 24.2 Å². The van der Waals surface area contributed by atoms with Crippen molar-refractivity contribution in [2.75, 3.05) is 13.2 Å². The predicted octanol–water partition coefficient (Wildman–Crippen LogP) is 1.61. The molecule has 0 radical (unpaired) electrons. The van der Waals surface area contributed by atoms with Crippen LogP contribution in [0.3, 0.4) is 0 Å². The second-order valence-electron chi connectivity index (χ2n) is 6.47. The minimum Gasteiger partial charge on any atom is -0.394 e. The molecule has 3 rings (SSSR count). The number of primary amides is 1. The molecular formula is C21H20N2O3. The lowest BCUT2D eigenvalue weighted by Crippen LogP contribution is -2.33. The zero-order valence-electron chi connectivity index (χ0n) is 14.5. The molecule has 5 heteroatoms. The van der Waals surface area contributed by atoms with E-state index in [9.17, 15) is 14.7 Å². The van der Waals surface area contributed by atoms with Gasteiger partial charge in [0.2, 0.25) is 11.8 Å². The number of nitrogens with one attached hydrogen (secondary N) is 1. The summed E-state index contributed by atoms with van der Waals surface area (Å²) in [6.07, 6.45) is 0.495. The molecule has 1 atom stereocenters. The highest BCUT2D eigenvalue weighted by Crippen LogP contribution is 2.26. The lowest BCUT2D eigenvalue weighted by Gasteiger charge is -2.15. The summed E-state index contributed by atoms with van der Waals surface area (Å²) in [6.45, 7) is 2.06. The quantitative estimate of drug-likeness (QED) is 0.736. The lowest BCUT2D eigenvalue weighted by molar-refractivity contribution is -0.126. The van der Waals surface area contributed by atoms with E-state index >= 15 is 0 Å². The molecule has 2 aromatic carbocycles. The summed E-state index contributed by atoms with van der Waals surface area (Å²) in [5.74, 6) is 5.26. The summed E-state index contributed by atoms with van der Waals surface area (Å²) in [5.41, 5.74) is 8.21. The van der Waals surface area contributed by atoms with E-state index in [-0.39, 0.29) is 12.5 Å². The molecule has 4 N–H and O–H groups in total. The molecule has 2 amide bonds. The van der Waals surface area contributed by atoms with Gasteiger partial charge in [-0.25, -0.2) is 0 Å². The van der Waals surface area contributed by atoms with E-state index in [0.29, 0.717) is 18.5 Å². The molecule has 1 aliphatic heterocycles. The van der Waals surface area contributed by atoms with Gasteiger partial charge >= 0.3 is 0 Å². The topological polar surface area (TPSA) is 92.4 Å². The molecule has 1 saturated heterocycles. The maximum Gasteiger partial charge on any atom is 0.248 e. The van der Waals surface area contributed by atoms with Crippen LogP contribution in [0.1, 0.15) is 27.9 Å². The molecule has 1 heterocycles. The highest BCUT2D eigenvalue weighted by Gasteiger charge is 2.40. The Morgan fingerprint density at radius 3 is 2.69 bits per heavy atom. The molecule has 2 aromatic rings. The predicted molar refractivity (Wildman–Crippen MR) is 99.2 cm³/mol. The maximum atomic E-state index is 12.0. The van der Waals surface area contributed by atoms with Gasteiger partial charge in [-0.3, -0.25) is 9.59 Å². The second-order valence-corrected chi connectivity index (χ2v) is 6.47. The molecular weight excluding hydrogens is 328 g/mol. The molecule has 26 heavy (non-hydrogen) atoms. The van der Waals surface area contributed by atoms with E-state index in [0.717, 1.165) is 22.3 Å². The first kappa shape index (κ1) is 17.7. The van der Waals surface area contributed by atoms with Crippen molar-refractivity contribution in [3.8, 4) is 23.0 Å². The van der Waals surface area contributed by atoms with E-state index in [2.05, 4.69) is 17.2 Å². The fraction of sp³-hybridized carbons (Fsp3) is 0.238. The number of carbonyl (C=O) groups excluding carboxylic acids is 2. The van der Waals surface area contributed by atoms with Gasteiger partial charge in [0.05, 0.1) is 6.61 Å². The molecule has 0 spiro atoms. The SMILES string of the molecule is Cc1ccc(-c2cccc(C#C[C@@]3(CO)CCNC3=O)c2)cc1C(N)=O. The van der Waals surface area contributed by atoms with E-state index in [1.165, 1.54) is 0 Å². The van der Waals surface area contributed by atoms with Crippen molar-refractivity contribution in [1.29, 1.82) is 0 Å². The third-order valence-electron chi connectivity index (χ3n) is 4.69. The number of rotatable bonds is 3. The van der Waals surface area contributed by atoms with Gasteiger partial charge in [0, 0.05) is 17.7 Å². The summed E-state index contributed by atoms with van der Waals surface area (Å²) in [4.78, 5) is 23.5. The highest BCUT2D eigenvalue weighted by atomic mass is 16.3. The number of aliphatic hydroxyl groups is 1. The van der Waals surface area contributed by atoms with Crippen molar-refractivity contribution >= 4 is 11.8 Å². The van der Waals surface area contributed by atoms with Crippen molar-refractivity contribution in [3.63, 3.8) is 0 Å². The second kappa shape index (κ2) is 7.03. The summed E-state index contributed by atoms with van der Waals surface area (Å²) in [5, 5.41) is 12.3. The molecule has 1 fully saturated rings. The third kappa shape index (κ3) is 3.32. The van der Waals surface area contributed by atoms with Crippen LogP contribution in [0.15, 0.2) is 42.5 Å². The highest BCUT2D eigenvalue weighted by molar-refractivity contribution is 5.95. The van der Waals surface area contributed by atoms with Gasteiger partial charge in [-0.15, -0.1) is 0 Å². The fourth-order valence-electron chi connectivity index (χ4n) is 3.02. The lowest BCUT2D eigenvalue weighted by atomic mass is 9.88. The number of nitrogens with two attached hydrogens (primary N) is 1. The first-order chi connectivity index (χ1) is 12.4. The van der Waals surface area contributed by atoms with Crippen LogP contribution in [-0.2, 0) is 4.79 Å². The number of aryl methyl sites for hydroxylation is 1. The largest absolute Gasteiger partial charge is 0.394 e. The van der Waals surface area contributed by atoms with Crippen LogP contribution in [-0.4, -0.2) is 30.1 Å². The van der Waals surface area contributed by atoms with Crippen LogP contribution in [0.2, 0.25) is 0 Å². The maximum absolute atomic E-state index is 12.0. The van der Waals surface area contributed by atoms with Crippen LogP contribution in [0.5, 0.6) is 0 Å². The molecule has 1 aliphatic rings. The molecule has 0 bridgehead atoms. The van der Waals surface area contributed by atoms with Gasteiger partial charge in [-0.1, -0.05) is 36.1 Å². The Bertz CT molecular complexity index is 940. The van der Waals surface area contributed by atoms with Crippen molar-refractivity contribution in [2.24, 2.45) is 11.1 Å². The fourth-order valence-corrected chi connectivity index (χ4v) is 3.02. The Morgan fingerprint density at radius 2 is 2.04 bits per heavy atom. The van der Waals surface area contributed by atoms with Crippen LogP contribution in [0.25, 0.3) is 11.1 Å². The van der Waals surface area contributed by atoms with Gasteiger partial charge in [0.15, 0.2) is 0 Å². The van der Waals surface area contributed by atoms with Crippen molar-refractivity contribution < 1.29 is 14.7 Å². The number of hydrogen-bond acceptors (Lipinski definition) is 3. The van der Waals surface area contributed by atoms with Crippen molar-refractivity contribution in [2.45, 2.75) is 13.3 Å². The van der Waals surface area contributed by atoms with Gasteiger partial charge in [0.25, 0.3) is 0 Å². The minimum absolute atomic E-state index is 0.228. The number of amides is 2. The van der Waals surface area contributed by atoms with Crippen LogP contribution < -0.4 is 11.1 Å². The third-order valence-corrected chi connectivity index (χ3v) is 4.69. The molecule has 132 valence electrons. The summed E-state index contributed by atoms with van der Waals surface area (Å²) < 4.78 is 0. The number of benzene rings is 2. The molecule has 0 aliphatic carbocycles. The molecule has 0 unspecified atom stereocenters. The standard InChI is InChI=1S/C21H20N2O3/c1-14-5-6-17(12-18(14)19(22)25)16-4-2-3-15(11-16)7-8-21(13-24)9-10-23-20(21)26/h2-6,11-12,24H,9-10,13H2,1H3,(H2,22,25)(H,23,26)/t21-/m0/s1. The molecule has 0 aromatic heterocycles. The Kier molecular flexibility index (Phi) is 4.79. The van der Waals surface area contributed by atoms with Gasteiger partial charge in [-0.05, 0) is 48.2 Å². The molecule has 0 saturated carbocycles.